The van der Waals surface area contributed by atoms with E-state index in [2.05, 4.69) is 18.2 Å². The third-order valence-electron chi connectivity index (χ3n) is 4.53. The number of hydrogen-bond donors (Lipinski definition) is 2. The van der Waals surface area contributed by atoms with Crippen molar-refractivity contribution < 1.29 is 9.47 Å². The Labute approximate surface area is 164 Å². The third kappa shape index (κ3) is 4.01. The predicted octanol–water partition coefficient (Wildman–Crippen LogP) is 5.05. The Bertz CT molecular complexity index is 978. The molecule has 1 aliphatic rings. The summed E-state index contributed by atoms with van der Waals surface area (Å²) in [6.07, 6.45) is 6.63. The Balaban J connectivity index is 1.65. The van der Waals surface area contributed by atoms with E-state index in [9.17, 15) is 0 Å². The van der Waals surface area contributed by atoms with Crippen molar-refractivity contribution in [2.24, 2.45) is 0 Å². The number of allylic oxidation sites excluding steroid dienone is 2. The Morgan fingerprint density at radius 2 is 1.32 bits per heavy atom. The van der Waals surface area contributed by atoms with Gasteiger partial charge in [-0.3, -0.25) is 0 Å². The first-order valence-corrected chi connectivity index (χ1v) is 9.16. The van der Waals surface area contributed by atoms with Crippen LogP contribution in [0.3, 0.4) is 0 Å². The van der Waals surface area contributed by atoms with Crippen LogP contribution in [0, 0.1) is 0 Å². The Hall–Kier alpha value is -3.66. The standard InChI is InChI=1S/C24H22N2O2/c25-20-8-4-10-22(16-20)27-24(28-23-11-5-9-21(26)17-23)14-12-19(13-15-24)18-6-2-1-3-7-18/h1-14,16-17H,15,25-26H2. The lowest BCUT2D eigenvalue weighted by Gasteiger charge is -2.33. The van der Waals surface area contributed by atoms with Crippen LogP contribution in [-0.4, -0.2) is 5.79 Å². The van der Waals surface area contributed by atoms with Gasteiger partial charge >= 0.3 is 0 Å². The van der Waals surface area contributed by atoms with Gasteiger partial charge in [0, 0.05) is 36.0 Å². The molecule has 3 aromatic rings. The van der Waals surface area contributed by atoms with Gasteiger partial charge in [-0.1, -0.05) is 54.6 Å². The Morgan fingerprint density at radius 1 is 0.714 bits per heavy atom. The zero-order chi connectivity index (χ0) is 19.4. The average Bonchev–Trinajstić information content (AvgIpc) is 2.69. The van der Waals surface area contributed by atoms with Crippen LogP contribution in [0.1, 0.15) is 12.0 Å². The highest BCUT2D eigenvalue weighted by atomic mass is 16.7. The fraction of sp³-hybridized carbons (Fsp3) is 0.0833. The maximum atomic E-state index is 6.28. The fourth-order valence-electron chi connectivity index (χ4n) is 3.18. The lowest BCUT2D eigenvalue weighted by Crippen LogP contribution is -2.41. The summed E-state index contributed by atoms with van der Waals surface area (Å²) in [4.78, 5) is 0. The van der Waals surface area contributed by atoms with Crippen LogP contribution < -0.4 is 20.9 Å². The number of anilines is 2. The summed E-state index contributed by atoms with van der Waals surface area (Å²) in [6, 6.07) is 24.9. The first-order valence-electron chi connectivity index (χ1n) is 9.16. The van der Waals surface area contributed by atoms with E-state index in [1.807, 2.05) is 66.7 Å². The van der Waals surface area contributed by atoms with Crippen LogP contribution >= 0.6 is 0 Å². The summed E-state index contributed by atoms with van der Waals surface area (Å²) in [5.41, 5.74) is 15.4. The van der Waals surface area contributed by atoms with E-state index in [0.29, 0.717) is 29.3 Å². The molecule has 0 saturated heterocycles. The molecule has 0 amide bonds. The van der Waals surface area contributed by atoms with Crippen molar-refractivity contribution in [3.63, 3.8) is 0 Å². The first kappa shape index (κ1) is 17.7. The largest absolute Gasteiger partial charge is 0.448 e. The molecule has 3 aromatic carbocycles. The average molecular weight is 370 g/mol. The van der Waals surface area contributed by atoms with E-state index in [1.54, 1.807) is 12.1 Å². The molecule has 0 spiro atoms. The molecule has 4 nitrogen and oxygen atoms in total. The van der Waals surface area contributed by atoms with E-state index < -0.39 is 5.79 Å². The first-order chi connectivity index (χ1) is 13.6. The van der Waals surface area contributed by atoms with Gasteiger partial charge in [0.1, 0.15) is 11.5 Å². The normalized spacial score (nSPS) is 14.9. The van der Waals surface area contributed by atoms with Gasteiger partial charge in [0.15, 0.2) is 0 Å². The number of nitrogens with two attached hydrogens (primary N) is 2. The molecular weight excluding hydrogens is 348 g/mol. The molecule has 0 atom stereocenters. The summed E-state index contributed by atoms with van der Waals surface area (Å²) >= 11 is 0. The van der Waals surface area contributed by atoms with Crippen LogP contribution in [0.15, 0.2) is 97.1 Å². The summed E-state index contributed by atoms with van der Waals surface area (Å²) in [7, 11) is 0. The lowest BCUT2D eigenvalue weighted by atomic mass is 9.96. The second kappa shape index (κ2) is 7.53. The van der Waals surface area contributed by atoms with Crippen LogP contribution in [0.25, 0.3) is 5.57 Å². The second-order valence-corrected chi connectivity index (χ2v) is 6.72. The summed E-state index contributed by atoms with van der Waals surface area (Å²) in [5, 5.41) is 0. The SMILES string of the molecule is Nc1cccc(OC2(Oc3cccc(N)c3)C=CC(c3ccccc3)=CC2)c1. The number of nitrogen functional groups attached to an aromatic ring is 2. The van der Waals surface area contributed by atoms with Crippen LogP contribution in [0.4, 0.5) is 11.4 Å². The molecule has 0 aromatic heterocycles. The van der Waals surface area contributed by atoms with Gasteiger partial charge < -0.3 is 20.9 Å². The molecule has 0 heterocycles. The molecule has 28 heavy (non-hydrogen) atoms. The van der Waals surface area contributed by atoms with Crippen LogP contribution in [0.5, 0.6) is 11.5 Å². The molecule has 4 N–H and O–H groups in total. The van der Waals surface area contributed by atoms with Crippen molar-refractivity contribution in [1.29, 1.82) is 0 Å². The number of hydrogen-bond acceptors (Lipinski definition) is 4. The van der Waals surface area contributed by atoms with Crippen molar-refractivity contribution in [3.05, 3.63) is 103 Å². The van der Waals surface area contributed by atoms with Crippen molar-refractivity contribution >= 4 is 16.9 Å². The highest BCUT2D eigenvalue weighted by Gasteiger charge is 2.33. The minimum absolute atomic E-state index is 0.539. The van der Waals surface area contributed by atoms with E-state index in [1.165, 1.54) is 0 Å². The van der Waals surface area contributed by atoms with E-state index in [-0.39, 0.29) is 0 Å². The molecule has 0 unspecified atom stereocenters. The molecule has 1 aliphatic carbocycles. The molecule has 140 valence electrons. The van der Waals surface area contributed by atoms with Gasteiger partial charge in [-0.15, -0.1) is 0 Å². The monoisotopic (exact) mass is 370 g/mol. The zero-order valence-electron chi connectivity index (χ0n) is 15.4. The molecule has 0 bridgehead atoms. The van der Waals surface area contributed by atoms with E-state index in [4.69, 9.17) is 20.9 Å². The van der Waals surface area contributed by atoms with Gasteiger partial charge in [0.05, 0.1) is 0 Å². The summed E-state index contributed by atoms with van der Waals surface area (Å²) < 4.78 is 12.6. The fourth-order valence-corrected chi connectivity index (χ4v) is 3.18. The van der Waals surface area contributed by atoms with E-state index in [0.717, 1.165) is 11.1 Å². The van der Waals surface area contributed by atoms with Gasteiger partial charge in [-0.05, 0) is 35.4 Å². The molecule has 4 rings (SSSR count). The highest BCUT2D eigenvalue weighted by molar-refractivity contribution is 5.75. The topological polar surface area (TPSA) is 70.5 Å². The quantitative estimate of drug-likeness (QED) is 0.487. The predicted molar refractivity (Wildman–Crippen MR) is 114 cm³/mol. The molecule has 0 fully saturated rings. The minimum atomic E-state index is -0.986. The van der Waals surface area contributed by atoms with Gasteiger partial charge in [-0.2, -0.15) is 0 Å². The maximum Gasteiger partial charge on any atom is 0.274 e. The number of benzene rings is 3. The van der Waals surface area contributed by atoms with Crippen molar-refractivity contribution in [2.75, 3.05) is 11.5 Å². The smallest absolute Gasteiger partial charge is 0.274 e. The Morgan fingerprint density at radius 3 is 1.82 bits per heavy atom. The summed E-state index contributed by atoms with van der Waals surface area (Å²) in [6.45, 7) is 0. The van der Waals surface area contributed by atoms with Crippen molar-refractivity contribution in [2.45, 2.75) is 12.2 Å². The van der Waals surface area contributed by atoms with Gasteiger partial charge in [0.25, 0.3) is 5.79 Å². The minimum Gasteiger partial charge on any atom is -0.448 e. The maximum absolute atomic E-state index is 6.28. The molecule has 0 radical (unpaired) electrons. The number of rotatable bonds is 5. The van der Waals surface area contributed by atoms with Crippen LogP contribution in [0.2, 0.25) is 0 Å². The van der Waals surface area contributed by atoms with E-state index >= 15 is 0 Å². The molecule has 0 aliphatic heterocycles. The van der Waals surface area contributed by atoms with Gasteiger partial charge in [-0.25, -0.2) is 0 Å². The third-order valence-corrected chi connectivity index (χ3v) is 4.53. The van der Waals surface area contributed by atoms with Crippen LogP contribution in [-0.2, 0) is 0 Å². The molecule has 0 saturated carbocycles. The van der Waals surface area contributed by atoms with Crippen molar-refractivity contribution in [3.8, 4) is 11.5 Å². The van der Waals surface area contributed by atoms with Crippen molar-refractivity contribution in [1.82, 2.24) is 0 Å². The Kier molecular flexibility index (Phi) is 4.77. The lowest BCUT2D eigenvalue weighted by molar-refractivity contribution is -0.0684. The summed E-state index contributed by atoms with van der Waals surface area (Å²) in [5.74, 6) is 0.301. The number of ether oxygens (including phenoxy) is 2. The highest BCUT2D eigenvalue weighted by Crippen LogP contribution is 2.34. The second-order valence-electron chi connectivity index (χ2n) is 6.72. The zero-order valence-corrected chi connectivity index (χ0v) is 15.4. The molecule has 4 heteroatoms. The molecular formula is C24H22N2O2. The van der Waals surface area contributed by atoms with Gasteiger partial charge in [0.2, 0.25) is 0 Å².